The molecule has 0 aliphatic heterocycles. The second kappa shape index (κ2) is 9.51. The molecule has 140 valence electrons. The van der Waals surface area contributed by atoms with Gasteiger partial charge in [-0.3, -0.25) is 9.69 Å². The average Bonchev–Trinajstić information content (AvgIpc) is 2.62. The van der Waals surface area contributed by atoms with Crippen LogP contribution in [0.3, 0.4) is 0 Å². The fraction of sp³-hybridized carbons (Fsp3) is 0.409. The van der Waals surface area contributed by atoms with Crippen LogP contribution < -0.4 is 0 Å². The Balaban J connectivity index is 2.40. The molecule has 0 amide bonds. The highest BCUT2D eigenvalue weighted by atomic mass is 16.5. The fourth-order valence-electron chi connectivity index (χ4n) is 2.97. The van der Waals surface area contributed by atoms with Gasteiger partial charge in [0.05, 0.1) is 0 Å². The largest absolute Gasteiger partial charge is 0.459 e. The Bertz CT molecular complexity index is 632. The molecule has 0 radical (unpaired) electrons. The van der Waals surface area contributed by atoms with Gasteiger partial charge in [-0.05, 0) is 46.2 Å². The number of rotatable bonds is 8. The van der Waals surface area contributed by atoms with E-state index >= 15 is 0 Å². The van der Waals surface area contributed by atoms with Crippen LogP contribution in [0.5, 0.6) is 0 Å². The molecule has 0 saturated carbocycles. The Morgan fingerprint density at radius 3 is 1.73 bits per heavy atom. The second-order valence-electron chi connectivity index (χ2n) is 7.18. The van der Waals surface area contributed by atoms with Crippen LogP contribution in [0.15, 0.2) is 60.7 Å². The highest BCUT2D eigenvalue weighted by Gasteiger charge is 2.30. The van der Waals surface area contributed by atoms with Crippen molar-refractivity contribution in [1.29, 1.82) is 0 Å². The molecule has 0 fully saturated rings. The molecule has 0 aromatic heterocycles. The SMILES string of the molecule is CC(C(=O)OC(CN(C)C)C(c1ccccc1)c1ccccc1)N(C)C. The summed E-state index contributed by atoms with van der Waals surface area (Å²) in [6, 6.07) is 20.3. The summed E-state index contributed by atoms with van der Waals surface area (Å²) in [5.74, 6) is -0.211. The Hall–Kier alpha value is -2.17. The lowest BCUT2D eigenvalue weighted by atomic mass is 9.86. The highest BCUT2D eigenvalue weighted by molar-refractivity contribution is 5.75. The zero-order valence-corrected chi connectivity index (χ0v) is 16.4. The van der Waals surface area contributed by atoms with E-state index in [0.29, 0.717) is 6.54 Å². The molecule has 2 unspecified atom stereocenters. The zero-order valence-electron chi connectivity index (χ0n) is 16.4. The zero-order chi connectivity index (χ0) is 19.1. The molecule has 0 heterocycles. The Morgan fingerprint density at radius 2 is 1.35 bits per heavy atom. The smallest absolute Gasteiger partial charge is 0.323 e. The number of nitrogens with zero attached hydrogens (tertiary/aromatic N) is 2. The van der Waals surface area contributed by atoms with Gasteiger partial charge < -0.3 is 9.64 Å². The van der Waals surface area contributed by atoms with Crippen LogP contribution in [0, 0.1) is 0 Å². The van der Waals surface area contributed by atoms with Gasteiger partial charge in [0.2, 0.25) is 0 Å². The van der Waals surface area contributed by atoms with Crippen molar-refractivity contribution >= 4 is 5.97 Å². The summed E-state index contributed by atoms with van der Waals surface area (Å²) in [6.45, 7) is 2.52. The second-order valence-corrected chi connectivity index (χ2v) is 7.18. The van der Waals surface area contributed by atoms with Gasteiger partial charge >= 0.3 is 5.97 Å². The van der Waals surface area contributed by atoms with Crippen LogP contribution >= 0.6 is 0 Å². The maximum absolute atomic E-state index is 12.7. The maximum Gasteiger partial charge on any atom is 0.323 e. The van der Waals surface area contributed by atoms with Crippen LogP contribution in [-0.4, -0.2) is 62.7 Å². The molecular formula is C22H30N2O2. The summed E-state index contributed by atoms with van der Waals surface area (Å²) < 4.78 is 6.03. The van der Waals surface area contributed by atoms with Crippen molar-refractivity contribution in [3.63, 3.8) is 0 Å². The predicted molar refractivity (Wildman–Crippen MR) is 106 cm³/mol. The molecule has 2 atom stereocenters. The van der Waals surface area contributed by atoms with Crippen molar-refractivity contribution in [2.45, 2.75) is 25.0 Å². The van der Waals surface area contributed by atoms with Crippen LogP contribution in [0.25, 0.3) is 0 Å². The van der Waals surface area contributed by atoms with Gasteiger partial charge in [-0.15, -0.1) is 0 Å². The molecule has 26 heavy (non-hydrogen) atoms. The number of hydrogen-bond acceptors (Lipinski definition) is 4. The van der Waals surface area contributed by atoms with E-state index in [2.05, 4.69) is 29.2 Å². The third kappa shape index (κ3) is 5.41. The molecule has 2 aromatic rings. The van der Waals surface area contributed by atoms with Gasteiger partial charge in [0, 0.05) is 12.5 Å². The van der Waals surface area contributed by atoms with E-state index in [9.17, 15) is 4.79 Å². The molecule has 0 aliphatic rings. The number of carbonyl (C=O) groups is 1. The quantitative estimate of drug-likeness (QED) is 0.682. The normalized spacial score (nSPS) is 13.8. The average molecular weight is 354 g/mol. The first-order valence-corrected chi connectivity index (χ1v) is 9.01. The number of hydrogen-bond donors (Lipinski definition) is 0. The molecular weight excluding hydrogens is 324 g/mol. The summed E-state index contributed by atoms with van der Waals surface area (Å²) in [5, 5.41) is 0. The van der Waals surface area contributed by atoms with E-state index in [1.165, 1.54) is 0 Å². The van der Waals surface area contributed by atoms with Crippen LogP contribution in [0.2, 0.25) is 0 Å². The summed E-state index contributed by atoms with van der Waals surface area (Å²) in [6.07, 6.45) is -0.273. The van der Waals surface area contributed by atoms with E-state index in [-0.39, 0.29) is 24.0 Å². The highest BCUT2D eigenvalue weighted by Crippen LogP contribution is 2.30. The van der Waals surface area contributed by atoms with Gasteiger partial charge in [-0.2, -0.15) is 0 Å². The Kier molecular flexibility index (Phi) is 7.37. The molecule has 0 bridgehead atoms. The van der Waals surface area contributed by atoms with E-state index in [1.54, 1.807) is 0 Å². The van der Waals surface area contributed by atoms with Crippen molar-refractivity contribution in [2.75, 3.05) is 34.7 Å². The van der Waals surface area contributed by atoms with Crippen molar-refractivity contribution in [3.8, 4) is 0 Å². The fourth-order valence-corrected chi connectivity index (χ4v) is 2.97. The molecule has 0 spiro atoms. The van der Waals surface area contributed by atoms with Crippen LogP contribution in [0.4, 0.5) is 0 Å². The van der Waals surface area contributed by atoms with Crippen molar-refractivity contribution < 1.29 is 9.53 Å². The monoisotopic (exact) mass is 354 g/mol. The third-order valence-corrected chi connectivity index (χ3v) is 4.62. The van der Waals surface area contributed by atoms with E-state index < -0.39 is 0 Å². The lowest BCUT2D eigenvalue weighted by molar-refractivity contribution is -0.155. The van der Waals surface area contributed by atoms with E-state index in [0.717, 1.165) is 11.1 Å². The Morgan fingerprint density at radius 1 is 0.885 bits per heavy atom. The standard InChI is InChI=1S/C22H30N2O2/c1-17(24(4)5)22(25)26-20(16-23(2)3)21(18-12-8-6-9-13-18)19-14-10-7-11-15-19/h6-15,17,20-21H,16H2,1-5H3. The number of benzene rings is 2. The van der Waals surface area contributed by atoms with Crippen LogP contribution in [-0.2, 0) is 9.53 Å². The minimum absolute atomic E-state index is 0.0156. The minimum atomic E-state index is -0.285. The predicted octanol–water partition coefficient (Wildman–Crippen LogP) is 3.24. The molecule has 0 aliphatic carbocycles. The summed E-state index contributed by atoms with van der Waals surface area (Å²) >= 11 is 0. The van der Waals surface area contributed by atoms with Crippen molar-refractivity contribution in [3.05, 3.63) is 71.8 Å². The molecule has 4 nitrogen and oxygen atoms in total. The molecule has 4 heteroatoms. The molecule has 2 rings (SSSR count). The lowest BCUT2D eigenvalue weighted by Crippen LogP contribution is -2.41. The topological polar surface area (TPSA) is 32.8 Å². The van der Waals surface area contributed by atoms with Crippen LogP contribution in [0.1, 0.15) is 24.0 Å². The summed E-state index contributed by atoms with van der Waals surface area (Å²) in [7, 11) is 7.78. The van der Waals surface area contributed by atoms with Crippen molar-refractivity contribution in [1.82, 2.24) is 9.80 Å². The van der Waals surface area contributed by atoms with Gasteiger partial charge in [-0.1, -0.05) is 60.7 Å². The molecule has 0 N–H and O–H groups in total. The minimum Gasteiger partial charge on any atom is -0.459 e. The summed E-state index contributed by atoms with van der Waals surface area (Å²) in [4.78, 5) is 16.6. The van der Waals surface area contributed by atoms with E-state index in [1.807, 2.05) is 76.4 Å². The first-order chi connectivity index (χ1) is 12.4. The van der Waals surface area contributed by atoms with Gasteiger partial charge in [0.1, 0.15) is 12.1 Å². The number of esters is 1. The third-order valence-electron chi connectivity index (χ3n) is 4.62. The Labute approximate surface area is 157 Å². The van der Waals surface area contributed by atoms with Gasteiger partial charge in [0.15, 0.2) is 0 Å². The number of ether oxygens (including phenoxy) is 1. The number of carbonyl (C=O) groups excluding carboxylic acids is 1. The first kappa shape index (κ1) is 20.1. The summed E-state index contributed by atoms with van der Waals surface area (Å²) in [5.41, 5.74) is 2.30. The lowest BCUT2D eigenvalue weighted by Gasteiger charge is -2.31. The van der Waals surface area contributed by atoms with E-state index in [4.69, 9.17) is 4.74 Å². The van der Waals surface area contributed by atoms with Gasteiger partial charge in [0.25, 0.3) is 0 Å². The molecule has 0 saturated heterocycles. The number of likely N-dealkylation sites (N-methyl/N-ethyl adjacent to an activating group) is 2. The maximum atomic E-state index is 12.7. The molecule has 2 aromatic carbocycles. The first-order valence-electron chi connectivity index (χ1n) is 9.01. The van der Waals surface area contributed by atoms with Gasteiger partial charge in [-0.25, -0.2) is 0 Å². The van der Waals surface area contributed by atoms with Crippen molar-refractivity contribution in [2.24, 2.45) is 0 Å².